The predicted molar refractivity (Wildman–Crippen MR) is 120 cm³/mol. The first-order valence-corrected chi connectivity index (χ1v) is 10.6. The molecule has 0 radical (unpaired) electrons. The highest BCUT2D eigenvalue weighted by atomic mass is 16.7. The Morgan fingerprint density at radius 2 is 1.91 bits per heavy atom. The van der Waals surface area contributed by atoms with E-state index in [1.54, 1.807) is 37.3 Å². The van der Waals surface area contributed by atoms with Crippen molar-refractivity contribution in [2.45, 2.75) is 39.1 Å². The van der Waals surface area contributed by atoms with Crippen LogP contribution in [0.25, 0.3) is 0 Å². The van der Waals surface area contributed by atoms with E-state index in [9.17, 15) is 14.9 Å². The molecule has 1 saturated heterocycles. The minimum absolute atomic E-state index is 0.0254. The van der Waals surface area contributed by atoms with Gasteiger partial charge in [-0.15, -0.1) is 0 Å². The summed E-state index contributed by atoms with van der Waals surface area (Å²) < 4.78 is 22.6. The van der Waals surface area contributed by atoms with Crippen molar-refractivity contribution in [3.63, 3.8) is 0 Å². The van der Waals surface area contributed by atoms with Crippen molar-refractivity contribution in [2.24, 2.45) is 5.10 Å². The van der Waals surface area contributed by atoms with Crippen molar-refractivity contribution in [1.29, 1.82) is 0 Å². The number of rotatable bonds is 10. The molecule has 0 unspecified atom stereocenters. The Morgan fingerprint density at radius 1 is 1.18 bits per heavy atom. The first kappa shape index (κ1) is 24.1. The highest BCUT2D eigenvalue weighted by Crippen LogP contribution is 2.29. The Hall–Kier alpha value is -3.50. The molecule has 1 amide bonds. The number of benzene rings is 2. The monoisotopic (exact) mass is 457 g/mol. The summed E-state index contributed by atoms with van der Waals surface area (Å²) in [6, 6.07) is 11.4. The van der Waals surface area contributed by atoms with Crippen LogP contribution in [0.5, 0.6) is 11.5 Å². The molecule has 1 fully saturated rings. The summed E-state index contributed by atoms with van der Waals surface area (Å²) in [4.78, 5) is 22.5. The third kappa shape index (κ3) is 7.26. The van der Waals surface area contributed by atoms with E-state index in [0.29, 0.717) is 36.9 Å². The Kier molecular flexibility index (Phi) is 8.34. The zero-order valence-corrected chi connectivity index (χ0v) is 18.6. The quantitative estimate of drug-likeness (QED) is 0.329. The fourth-order valence-electron chi connectivity index (χ4n) is 3.16. The van der Waals surface area contributed by atoms with E-state index in [1.807, 2.05) is 6.92 Å². The highest BCUT2D eigenvalue weighted by Gasteiger charge is 2.31. The van der Waals surface area contributed by atoms with Gasteiger partial charge in [0.2, 0.25) is 5.91 Å². The van der Waals surface area contributed by atoms with Crippen LogP contribution in [0.15, 0.2) is 47.6 Å². The van der Waals surface area contributed by atoms with Gasteiger partial charge < -0.3 is 18.9 Å². The second-order valence-corrected chi connectivity index (χ2v) is 7.51. The number of ether oxygens (including phenoxy) is 4. The molecule has 0 bridgehead atoms. The molecular formula is C23H27N3O7. The maximum absolute atomic E-state index is 12.1. The predicted octanol–water partition coefficient (Wildman–Crippen LogP) is 3.57. The summed E-state index contributed by atoms with van der Waals surface area (Å²) >= 11 is 0. The van der Waals surface area contributed by atoms with Crippen LogP contribution in [0.3, 0.4) is 0 Å². The largest absolute Gasteiger partial charge is 0.490 e. The average molecular weight is 457 g/mol. The third-order valence-corrected chi connectivity index (χ3v) is 4.80. The molecule has 176 valence electrons. The number of nitro groups is 1. The van der Waals surface area contributed by atoms with Gasteiger partial charge in [0.25, 0.3) is 5.69 Å². The molecule has 2 aromatic carbocycles. The molecule has 33 heavy (non-hydrogen) atoms. The van der Waals surface area contributed by atoms with Gasteiger partial charge in [-0.2, -0.15) is 5.10 Å². The molecule has 10 nitrogen and oxygen atoms in total. The molecule has 1 N–H and O–H groups in total. The molecular weight excluding hydrogens is 430 g/mol. The first-order chi connectivity index (χ1) is 15.9. The standard InChI is InChI=1S/C23H27N3O7/c1-3-30-21-13-18(15-24-25-22(27)14-23(2)32-11-4-12-33-23)7-10-20(21)31-16-17-5-8-19(9-6-17)26(28)29/h5-10,13,15H,3-4,11-12,14,16H2,1-2H3,(H,25,27). The summed E-state index contributed by atoms with van der Waals surface area (Å²) in [5.74, 6) is -0.200. The zero-order valence-electron chi connectivity index (χ0n) is 18.6. The summed E-state index contributed by atoms with van der Waals surface area (Å²) in [6.07, 6.45) is 2.36. The Bertz CT molecular complexity index is 986. The molecule has 0 spiro atoms. The average Bonchev–Trinajstić information content (AvgIpc) is 2.79. The topological polar surface area (TPSA) is 122 Å². The molecule has 1 aliphatic rings. The van der Waals surface area contributed by atoms with Crippen molar-refractivity contribution in [2.75, 3.05) is 19.8 Å². The van der Waals surface area contributed by atoms with E-state index in [1.165, 1.54) is 18.3 Å². The minimum atomic E-state index is -0.928. The smallest absolute Gasteiger partial charge is 0.269 e. The maximum atomic E-state index is 12.1. The van der Waals surface area contributed by atoms with Crippen molar-refractivity contribution < 1.29 is 28.7 Å². The van der Waals surface area contributed by atoms with Crippen LogP contribution < -0.4 is 14.9 Å². The van der Waals surface area contributed by atoms with E-state index in [2.05, 4.69) is 10.5 Å². The van der Waals surface area contributed by atoms with Crippen LogP contribution in [0.1, 0.15) is 37.8 Å². The number of carbonyl (C=O) groups excluding carboxylic acids is 1. The number of nitrogens with one attached hydrogen (secondary N) is 1. The van der Waals surface area contributed by atoms with Crippen LogP contribution in [0.2, 0.25) is 0 Å². The molecule has 1 heterocycles. The van der Waals surface area contributed by atoms with Crippen molar-refractivity contribution in [3.05, 3.63) is 63.7 Å². The number of amides is 1. The number of hydrogen-bond donors (Lipinski definition) is 1. The Labute approximate surface area is 191 Å². The normalized spacial score (nSPS) is 15.2. The van der Waals surface area contributed by atoms with E-state index < -0.39 is 10.7 Å². The minimum Gasteiger partial charge on any atom is -0.490 e. The number of hydrogen-bond acceptors (Lipinski definition) is 8. The summed E-state index contributed by atoms with van der Waals surface area (Å²) in [7, 11) is 0. The molecule has 0 saturated carbocycles. The van der Waals surface area contributed by atoms with E-state index >= 15 is 0 Å². The fraction of sp³-hybridized carbons (Fsp3) is 0.391. The second-order valence-electron chi connectivity index (χ2n) is 7.51. The molecule has 0 atom stereocenters. The lowest BCUT2D eigenvalue weighted by Crippen LogP contribution is -2.41. The number of nitro benzene ring substituents is 1. The number of carbonyl (C=O) groups is 1. The van der Waals surface area contributed by atoms with Crippen LogP contribution >= 0.6 is 0 Å². The van der Waals surface area contributed by atoms with Gasteiger partial charge in [0.05, 0.1) is 37.4 Å². The summed E-state index contributed by atoms with van der Waals surface area (Å²) in [5.41, 5.74) is 4.00. The lowest BCUT2D eigenvalue weighted by atomic mass is 10.2. The van der Waals surface area contributed by atoms with Crippen molar-refractivity contribution in [3.8, 4) is 11.5 Å². The van der Waals surface area contributed by atoms with Crippen LogP contribution in [0, 0.1) is 10.1 Å². The van der Waals surface area contributed by atoms with Gasteiger partial charge in [-0.1, -0.05) is 0 Å². The van der Waals surface area contributed by atoms with Gasteiger partial charge in [-0.05, 0) is 61.7 Å². The number of nitrogens with zero attached hydrogens (tertiary/aromatic N) is 2. The Balaban J connectivity index is 1.58. The van der Waals surface area contributed by atoms with Crippen LogP contribution in [0.4, 0.5) is 5.69 Å². The molecule has 1 aliphatic heterocycles. The summed E-state index contributed by atoms with van der Waals surface area (Å²) in [6.45, 7) is 5.38. The van der Waals surface area contributed by atoms with Crippen molar-refractivity contribution in [1.82, 2.24) is 5.43 Å². The van der Waals surface area contributed by atoms with Crippen molar-refractivity contribution >= 4 is 17.8 Å². The third-order valence-electron chi connectivity index (χ3n) is 4.80. The molecule has 0 aliphatic carbocycles. The van der Waals surface area contributed by atoms with Gasteiger partial charge in [0.1, 0.15) is 6.61 Å². The van der Waals surface area contributed by atoms with E-state index in [4.69, 9.17) is 18.9 Å². The van der Waals surface area contributed by atoms with Crippen LogP contribution in [-0.4, -0.2) is 42.7 Å². The van der Waals surface area contributed by atoms with Gasteiger partial charge in [-0.3, -0.25) is 14.9 Å². The highest BCUT2D eigenvalue weighted by molar-refractivity contribution is 5.83. The zero-order chi connectivity index (χ0) is 23.7. The van der Waals surface area contributed by atoms with Gasteiger partial charge in [-0.25, -0.2) is 5.43 Å². The van der Waals surface area contributed by atoms with Crippen LogP contribution in [-0.2, 0) is 20.9 Å². The van der Waals surface area contributed by atoms with E-state index in [-0.39, 0.29) is 24.6 Å². The second kappa shape index (κ2) is 11.4. The number of hydrazone groups is 1. The summed E-state index contributed by atoms with van der Waals surface area (Å²) in [5, 5.41) is 14.8. The Morgan fingerprint density at radius 3 is 2.58 bits per heavy atom. The number of non-ortho nitro benzene ring substituents is 1. The van der Waals surface area contributed by atoms with E-state index in [0.717, 1.165) is 12.0 Å². The van der Waals surface area contributed by atoms with Gasteiger partial charge >= 0.3 is 0 Å². The molecule has 3 rings (SSSR count). The van der Waals surface area contributed by atoms with Gasteiger partial charge in [0.15, 0.2) is 17.3 Å². The lowest BCUT2D eigenvalue weighted by molar-refractivity contribution is -0.384. The fourth-order valence-corrected chi connectivity index (χ4v) is 3.16. The first-order valence-electron chi connectivity index (χ1n) is 10.6. The SMILES string of the molecule is CCOc1cc(C=NNC(=O)CC2(C)OCCCO2)ccc1OCc1ccc([N+](=O)[O-])cc1. The molecule has 10 heteroatoms. The molecule has 2 aromatic rings. The molecule has 0 aromatic heterocycles. The maximum Gasteiger partial charge on any atom is 0.269 e. The van der Waals surface area contributed by atoms with Gasteiger partial charge in [0, 0.05) is 12.1 Å². The lowest BCUT2D eigenvalue weighted by Gasteiger charge is -2.33.